The van der Waals surface area contributed by atoms with Crippen LogP contribution in [0.5, 0.6) is 0 Å². The fourth-order valence-electron chi connectivity index (χ4n) is 2.69. The van der Waals surface area contributed by atoms with Crippen LogP contribution in [0.2, 0.25) is 0 Å². The molecule has 2 heterocycles. The Bertz CT molecular complexity index is 768. The first-order chi connectivity index (χ1) is 10.0. The fourth-order valence-corrected chi connectivity index (χ4v) is 4.33. The van der Waals surface area contributed by atoms with Crippen LogP contribution < -0.4 is 4.31 Å². The fraction of sp³-hybridized carbons (Fsp3) is 0.357. The number of sulfonamides is 1. The zero-order chi connectivity index (χ0) is 15.0. The van der Waals surface area contributed by atoms with E-state index >= 15 is 0 Å². The van der Waals surface area contributed by atoms with E-state index in [4.69, 9.17) is 0 Å². The molecule has 1 aliphatic heterocycles. The molecule has 0 amide bonds. The molecule has 3 rings (SSSR count). The maximum atomic E-state index is 12.8. The van der Waals surface area contributed by atoms with Gasteiger partial charge in [0.25, 0.3) is 10.0 Å². The molecule has 6 nitrogen and oxygen atoms in total. The smallest absolute Gasteiger partial charge is 0.281 e. The molecule has 1 aliphatic rings. The summed E-state index contributed by atoms with van der Waals surface area (Å²) in [6.45, 7) is 2.06. The molecule has 0 saturated heterocycles. The highest BCUT2D eigenvalue weighted by Crippen LogP contribution is 2.32. The highest BCUT2D eigenvalue weighted by atomic mass is 32.2. The van der Waals surface area contributed by atoms with Crippen LogP contribution in [0.1, 0.15) is 23.1 Å². The molecule has 0 radical (unpaired) electrons. The lowest BCUT2D eigenvalue weighted by molar-refractivity contribution is 0.278. The van der Waals surface area contributed by atoms with Gasteiger partial charge in [0.1, 0.15) is 0 Å². The van der Waals surface area contributed by atoms with Crippen LogP contribution in [0.25, 0.3) is 0 Å². The standard InChI is InChI=1S/C14H17N3O3S/c1-10-4-5-13-11(7-10)3-2-6-17(13)21(19,20)14-12(9-18)8-15-16-14/h4-5,7-8,18H,2-3,6,9H2,1H3,(H,15,16). The van der Waals surface area contributed by atoms with Crippen LogP contribution in [-0.4, -0.2) is 30.3 Å². The van der Waals surface area contributed by atoms with Crippen molar-refractivity contribution in [2.45, 2.75) is 31.4 Å². The lowest BCUT2D eigenvalue weighted by Gasteiger charge is -2.30. The van der Waals surface area contributed by atoms with Gasteiger partial charge in [-0.25, -0.2) is 0 Å². The molecule has 0 atom stereocenters. The Morgan fingerprint density at radius 3 is 3.00 bits per heavy atom. The molecule has 0 aliphatic carbocycles. The van der Waals surface area contributed by atoms with Crippen molar-refractivity contribution >= 4 is 15.7 Å². The van der Waals surface area contributed by atoms with E-state index in [0.29, 0.717) is 12.2 Å². The van der Waals surface area contributed by atoms with E-state index in [-0.39, 0.29) is 17.2 Å². The molecule has 1 aromatic heterocycles. The molecule has 0 fully saturated rings. The number of rotatable bonds is 3. The quantitative estimate of drug-likeness (QED) is 0.896. The Kier molecular flexibility index (Phi) is 3.46. The first-order valence-electron chi connectivity index (χ1n) is 6.79. The number of hydrogen-bond donors (Lipinski definition) is 2. The number of aliphatic hydroxyl groups is 1. The third-order valence-electron chi connectivity index (χ3n) is 3.71. The summed E-state index contributed by atoms with van der Waals surface area (Å²) >= 11 is 0. The maximum absolute atomic E-state index is 12.8. The second-order valence-electron chi connectivity index (χ2n) is 5.20. The Morgan fingerprint density at radius 2 is 2.24 bits per heavy atom. The highest BCUT2D eigenvalue weighted by molar-refractivity contribution is 7.92. The van der Waals surface area contributed by atoms with Crippen molar-refractivity contribution in [3.63, 3.8) is 0 Å². The molecule has 0 bridgehead atoms. The number of fused-ring (bicyclic) bond motifs is 1. The van der Waals surface area contributed by atoms with Gasteiger partial charge in [0.15, 0.2) is 5.03 Å². The normalized spacial score (nSPS) is 15.0. The minimum atomic E-state index is -3.73. The van der Waals surface area contributed by atoms with Gasteiger partial charge in [-0.05, 0) is 31.4 Å². The van der Waals surface area contributed by atoms with Crippen LogP contribution in [0.3, 0.4) is 0 Å². The van der Waals surface area contributed by atoms with Gasteiger partial charge in [-0.3, -0.25) is 9.40 Å². The predicted molar refractivity (Wildman–Crippen MR) is 78.5 cm³/mol. The highest BCUT2D eigenvalue weighted by Gasteiger charge is 2.31. The van der Waals surface area contributed by atoms with Crippen molar-refractivity contribution in [1.29, 1.82) is 0 Å². The minimum absolute atomic E-state index is 0.0292. The number of H-pyrrole nitrogens is 1. The summed E-state index contributed by atoms with van der Waals surface area (Å²) in [6, 6.07) is 5.78. The van der Waals surface area contributed by atoms with Gasteiger partial charge < -0.3 is 5.11 Å². The van der Waals surface area contributed by atoms with Crippen LogP contribution in [0, 0.1) is 6.92 Å². The van der Waals surface area contributed by atoms with Crippen LogP contribution in [0.4, 0.5) is 5.69 Å². The Hall–Kier alpha value is -1.86. The van der Waals surface area contributed by atoms with Gasteiger partial charge >= 0.3 is 0 Å². The lowest BCUT2D eigenvalue weighted by Crippen LogP contribution is -2.36. The SMILES string of the molecule is Cc1ccc2c(c1)CCCN2S(=O)(=O)c1[nH]ncc1CO. The Morgan fingerprint density at radius 1 is 1.43 bits per heavy atom. The first kappa shape index (κ1) is 14.1. The van der Waals surface area contributed by atoms with Crippen molar-refractivity contribution < 1.29 is 13.5 Å². The van der Waals surface area contributed by atoms with Crippen LogP contribution >= 0.6 is 0 Å². The number of aromatic nitrogens is 2. The van der Waals surface area contributed by atoms with E-state index in [1.165, 1.54) is 10.5 Å². The number of nitrogens with zero attached hydrogens (tertiary/aromatic N) is 2. The Labute approximate surface area is 123 Å². The second kappa shape index (κ2) is 5.16. The van der Waals surface area contributed by atoms with Crippen molar-refractivity contribution in [3.05, 3.63) is 41.1 Å². The average Bonchev–Trinajstić information content (AvgIpc) is 2.95. The molecule has 1 aromatic carbocycles. The van der Waals surface area contributed by atoms with Crippen molar-refractivity contribution in [2.24, 2.45) is 0 Å². The molecule has 21 heavy (non-hydrogen) atoms. The number of aryl methyl sites for hydroxylation is 2. The monoisotopic (exact) mass is 307 g/mol. The summed E-state index contributed by atoms with van der Waals surface area (Å²) in [6.07, 6.45) is 2.99. The van der Waals surface area contributed by atoms with Crippen molar-refractivity contribution in [2.75, 3.05) is 10.8 Å². The summed E-state index contributed by atoms with van der Waals surface area (Å²) in [5.74, 6) is 0. The molecule has 112 valence electrons. The zero-order valence-corrected chi connectivity index (χ0v) is 12.5. The molecule has 0 spiro atoms. The largest absolute Gasteiger partial charge is 0.392 e. The predicted octanol–water partition coefficient (Wildman–Crippen LogP) is 1.35. The van der Waals surface area contributed by atoms with Gasteiger partial charge in [-0.15, -0.1) is 0 Å². The van der Waals surface area contributed by atoms with E-state index in [9.17, 15) is 13.5 Å². The van der Waals surface area contributed by atoms with Gasteiger partial charge in [-0.2, -0.15) is 13.5 Å². The third-order valence-corrected chi connectivity index (χ3v) is 5.54. The molecule has 7 heteroatoms. The topological polar surface area (TPSA) is 86.3 Å². The van der Waals surface area contributed by atoms with Gasteiger partial charge in [0.2, 0.25) is 0 Å². The summed E-state index contributed by atoms with van der Waals surface area (Å²) in [4.78, 5) is 0. The molecule has 2 N–H and O–H groups in total. The van der Waals surface area contributed by atoms with E-state index in [1.54, 1.807) is 0 Å². The molecule has 0 unspecified atom stereocenters. The second-order valence-corrected chi connectivity index (χ2v) is 6.99. The van der Waals surface area contributed by atoms with Crippen molar-refractivity contribution in [3.8, 4) is 0 Å². The van der Waals surface area contributed by atoms with E-state index in [0.717, 1.165) is 24.0 Å². The third kappa shape index (κ3) is 2.32. The van der Waals surface area contributed by atoms with E-state index < -0.39 is 10.0 Å². The Balaban J connectivity index is 2.10. The summed E-state index contributed by atoms with van der Waals surface area (Å²) in [5, 5.41) is 15.5. The number of anilines is 1. The minimum Gasteiger partial charge on any atom is -0.392 e. The molecular weight excluding hydrogens is 290 g/mol. The number of nitrogens with one attached hydrogen (secondary N) is 1. The van der Waals surface area contributed by atoms with Gasteiger partial charge in [0.05, 0.1) is 18.5 Å². The van der Waals surface area contributed by atoms with Crippen LogP contribution in [0.15, 0.2) is 29.4 Å². The summed E-state index contributed by atoms with van der Waals surface area (Å²) in [7, 11) is -3.73. The average molecular weight is 307 g/mol. The molecule has 0 saturated carbocycles. The summed E-state index contributed by atoms with van der Waals surface area (Å²) in [5.41, 5.74) is 3.15. The summed E-state index contributed by atoms with van der Waals surface area (Å²) < 4.78 is 27.0. The van der Waals surface area contributed by atoms with E-state index in [1.807, 2.05) is 25.1 Å². The van der Waals surface area contributed by atoms with Crippen molar-refractivity contribution in [1.82, 2.24) is 10.2 Å². The zero-order valence-electron chi connectivity index (χ0n) is 11.7. The van der Waals surface area contributed by atoms with Gasteiger partial charge in [0, 0.05) is 12.1 Å². The van der Waals surface area contributed by atoms with E-state index in [2.05, 4.69) is 10.2 Å². The maximum Gasteiger partial charge on any atom is 0.281 e. The van der Waals surface area contributed by atoms with Gasteiger partial charge in [-0.1, -0.05) is 17.7 Å². The molecule has 2 aromatic rings. The number of benzene rings is 1. The number of aliphatic hydroxyl groups excluding tert-OH is 1. The first-order valence-corrected chi connectivity index (χ1v) is 8.23. The molecular formula is C14H17N3O3S. The lowest BCUT2D eigenvalue weighted by atomic mass is 10.0. The number of aromatic amines is 1. The number of hydrogen-bond acceptors (Lipinski definition) is 4. The van der Waals surface area contributed by atoms with Crippen LogP contribution in [-0.2, 0) is 23.1 Å².